The van der Waals surface area contributed by atoms with E-state index in [2.05, 4.69) is 12.2 Å². The number of anilines is 1. The summed E-state index contributed by atoms with van der Waals surface area (Å²) in [5.74, 6) is 0.254. The second kappa shape index (κ2) is 3.58. The van der Waals surface area contributed by atoms with Gasteiger partial charge >= 0.3 is 0 Å². The number of halogens is 1. The molecule has 1 heterocycles. The zero-order chi connectivity index (χ0) is 14.4. The fourth-order valence-electron chi connectivity index (χ4n) is 4.92. The Hall–Kier alpha value is -1.61. The quantitative estimate of drug-likeness (QED) is 0.590. The van der Waals surface area contributed by atoms with Gasteiger partial charge in [0, 0.05) is 5.02 Å². The number of allylic oxidation sites excluding steroid dienone is 2. The molecule has 4 heteroatoms. The first-order valence-corrected chi connectivity index (χ1v) is 7.83. The standard InChI is InChI=1S/C17H14ClNO2/c18-9-1-3-10(4-2-9)19-15(20)13-11-5-6-12(14(13)16(19)21)17(11)7-8-17/h1-6,11-14H,7-8H2/t11-,12-,13-,14-/m1/s1. The van der Waals surface area contributed by atoms with Gasteiger partial charge in [-0.05, 0) is 54.4 Å². The number of amides is 2. The number of imide groups is 1. The smallest absolute Gasteiger partial charge is 0.238 e. The predicted molar refractivity (Wildman–Crippen MR) is 78.7 cm³/mol. The van der Waals surface area contributed by atoms with Crippen molar-refractivity contribution in [2.45, 2.75) is 12.8 Å². The zero-order valence-corrected chi connectivity index (χ0v) is 12.1. The molecule has 1 saturated heterocycles. The summed E-state index contributed by atoms with van der Waals surface area (Å²) in [6.45, 7) is 0. The van der Waals surface area contributed by atoms with Crippen LogP contribution in [0, 0.1) is 29.1 Å². The van der Waals surface area contributed by atoms with E-state index < -0.39 is 0 Å². The molecule has 2 amide bonds. The van der Waals surface area contributed by atoms with Crippen LogP contribution < -0.4 is 4.90 Å². The van der Waals surface area contributed by atoms with Crippen molar-refractivity contribution in [3.63, 3.8) is 0 Å². The molecule has 0 N–H and O–H groups in total. The number of carbonyl (C=O) groups excluding carboxylic acids is 2. The van der Waals surface area contributed by atoms with Crippen molar-refractivity contribution in [3.8, 4) is 0 Å². The summed E-state index contributed by atoms with van der Waals surface area (Å²) in [4.78, 5) is 27.0. The number of fused-ring (bicyclic) bond motifs is 3. The number of hydrogen-bond donors (Lipinski definition) is 0. The van der Waals surface area contributed by atoms with E-state index in [0.717, 1.165) is 0 Å². The molecule has 4 aliphatic rings. The van der Waals surface area contributed by atoms with Gasteiger partial charge in [0.2, 0.25) is 11.8 Å². The topological polar surface area (TPSA) is 37.4 Å². The molecule has 2 bridgehead atoms. The highest BCUT2D eigenvalue weighted by molar-refractivity contribution is 6.30. The predicted octanol–water partition coefficient (Wildman–Crippen LogP) is 3.04. The highest BCUT2D eigenvalue weighted by Crippen LogP contribution is 2.73. The molecule has 2 saturated carbocycles. The first-order chi connectivity index (χ1) is 10.1. The maximum absolute atomic E-state index is 12.8. The molecule has 0 aromatic heterocycles. The lowest BCUT2D eigenvalue weighted by molar-refractivity contribution is -0.123. The van der Waals surface area contributed by atoms with Gasteiger partial charge in [-0.1, -0.05) is 23.8 Å². The Morgan fingerprint density at radius 2 is 1.48 bits per heavy atom. The van der Waals surface area contributed by atoms with Crippen molar-refractivity contribution in [2.24, 2.45) is 29.1 Å². The van der Waals surface area contributed by atoms with Crippen LogP contribution in [0.2, 0.25) is 5.02 Å². The Morgan fingerprint density at radius 1 is 0.952 bits per heavy atom. The van der Waals surface area contributed by atoms with Gasteiger partial charge < -0.3 is 0 Å². The van der Waals surface area contributed by atoms with Gasteiger partial charge in [0.1, 0.15) is 0 Å². The molecule has 106 valence electrons. The maximum Gasteiger partial charge on any atom is 0.238 e. The van der Waals surface area contributed by atoms with E-state index in [-0.39, 0.29) is 40.9 Å². The molecule has 1 aliphatic heterocycles. The molecule has 0 unspecified atom stereocenters. The SMILES string of the molecule is O=C1[C@H]2[C@H](C(=O)N1c1ccc(Cl)cc1)[C@H]1C=C[C@H]2C12CC2. The molecule has 21 heavy (non-hydrogen) atoms. The molecule has 3 nitrogen and oxygen atoms in total. The van der Waals surface area contributed by atoms with Crippen LogP contribution >= 0.6 is 11.6 Å². The van der Waals surface area contributed by atoms with Crippen molar-refractivity contribution in [1.29, 1.82) is 0 Å². The average molecular weight is 300 g/mol. The van der Waals surface area contributed by atoms with Gasteiger partial charge in [-0.15, -0.1) is 0 Å². The third-order valence-electron chi connectivity index (χ3n) is 5.94. The molecule has 4 atom stereocenters. The normalized spacial score (nSPS) is 37.7. The summed E-state index contributed by atoms with van der Waals surface area (Å²) in [6.07, 6.45) is 6.72. The second-order valence-electron chi connectivity index (χ2n) is 6.71. The molecular weight excluding hydrogens is 286 g/mol. The van der Waals surface area contributed by atoms with Crippen LogP contribution in [-0.2, 0) is 9.59 Å². The molecule has 3 fully saturated rings. The largest absolute Gasteiger partial charge is 0.274 e. The number of carbonyl (C=O) groups is 2. The summed E-state index contributed by atoms with van der Waals surface area (Å²) in [6, 6.07) is 6.95. The molecule has 5 rings (SSSR count). The van der Waals surface area contributed by atoms with E-state index >= 15 is 0 Å². The van der Waals surface area contributed by atoms with E-state index in [4.69, 9.17) is 11.6 Å². The Morgan fingerprint density at radius 3 is 1.95 bits per heavy atom. The average Bonchev–Trinajstić information content (AvgIpc) is 3.07. The Balaban J connectivity index is 1.57. The molecule has 1 aromatic rings. The Labute approximate surface area is 127 Å². The molecule has 1 spiro atoms. The van der Waals surface area contributed by atoms with E-state index in [1.807, 2.05) is 0 Å². The van der Waals surface area contributed by atoms with Crippen LogP contribution in [0.1, 0.15) is 12.8 Å². The van der Waals surface area contributed by atoms with Crippen LogP contribution in [0.25, 0.3) is 0 Å². The number of hydrogen-bond acceptors (Lipinski definition) is 2. The fourth-order valence-corrected chi connectivity index (χ4v) is 5.05. The molecule has 0 radical (unpaired) electrons. The molecular formula is C17H14ClNO2. The number of nitrogens with zero attached hydrogens (tertiary/aromatic N) is 1. The first-order valence-electron chi connectivity index (χ1n) is 7.45. The first kappa shape index (κ1) is 12.0. The number of benzene rings is 1. The summed E-state index contributed by atoms with van der Waals surface area (Å²) in [5, 5.41) is 0.608. The zero-order valence-electron chi connectivity index (χ0n) is 11.3. The van der Waals surface area contributed by atoms with Crippen molar-refractivity contribution >= 4 is 29.1 Å². The summed E-state index contributed by atoms with van der Waals surface area (Å²) >= 11 is 5.89. The molecule has 3 aliphatic carbocycles. The minimum atomic E-state index is -0.134. The van der Waals surface area contributed by atoms with E-state index in [1.165, 1.54) is 17.7 Å². The number of rotatable bonds is 1. The van der Waals surface area contributed by atoms with Crippen LogP contribution in [0.5, 0.6) is 0 Å². The van der Waals surface area contributed by atoms with Gasteiger partial charge in [0.25, 0.3) is 0 Å². The highest BCUT2D eigenvalue weighted by Gasteiger charge is 2.73. The highest BCUT2D eigenvalue weighted by atomic mass is 35.5. The lowest BCUT2D eigenvalue weighted by Crippen LogP contribution is -2.34. The lowest BCUT2D eigenvalue weighted by Gasteiger charge is -2.21. The second-order valence-corrected chi connectivity index (χ2v) is 7.15. The fraction of sp³-hybridized carbons (Fsp3) is 0.412. The third kappa shape index (κ3) is 1.27. The van der Waals surface area contributed by atoms with Crippen molar-refractivity contribution in [2.75, 3.05) is 4.90 Å². The van der Waals surface area contributed by atoms with Crippen molar-refractivity contribution in [3.05, 3.63) is 41.4 Å². The van der Waals surface area contributed by atoms with Gasteiger partial charge in [-0.25, -0.2) is 0 Å². The van der Waals surface area contributed by atoms with Gasteiger partial charge in [0.05, 0.1) is 17.5 Å². The minimum Gasteiger partial charge on any atom is -0.274 e. The molecule has 1 aromatic carbocycles. The Bertz CT molecular complexity index is 670. The minimum absolute atomic E-state index is 0.0181. The van der Waals surface area contributed by atoms with Crippen LogP contribution in [0.3, 0.4) is 0 Å². The van der Waals surface area contributed by atoms with Crippen LogP contribution in [0.15, 0.2) is 36.4 Å². The monoisotopic (exact) mass is 299 g/mol. The van der Waals surface area contributed by atoms with E-state index in [0.29, 0.717) is 10.7 Å². The maximum atomic E-state index is 12.8. The Kier molecular flexibility index (Phi) is 2.05. The summed E-state index contributed by atoms with van der Waals surface area (Å²) in [5.41, 5.74) is 0.903. The third-order valence-corrected chi connectivity index (χ3v) is 6.19. The van der Waals surface area contributed by atoms with E-state index in [1.54, 1.807) is 24.3 Å². The van der Waals surface area contributed by atoms with E-state index in [9.17, 15) is 9.59 Å². The van der Waals surface area contributed by atoms with Crippen LogP contribution in [-0.4, -0.2) is 11.8 Å². The van der Waals surface area contributed by atoms with Crippen molar-refractivity contribution in [1.82, 2.24) is 0 Å². The lowest BCUT2D eigenvalue weighted by atomic mass is 9.85. The van der Waals surface area contributed by atoms with Crippen molar-refractivity contribution < 1.29 is 9.59 Å². The van der Waals surface area contributed by atoms with Crippen LogP contribution in [0.4, 0.5) is 5.69 Å². The summed E-state index contributed by atoms with van der Waals surface area (Å²) < 4.78 is 0. The van der Waals surface area contributed by atoms with Gasteiger partial charge in [0.15, 0.2) is 0 Å². The van der Waals surface area contributed by atoms with Gasteiger partial charge in [-0.3, -0.25) is 14.5 Å². The summed E-state index contributed by atoms with van der Waals surface area (Å²) in [7, 11) is 0. The van der Waals surface area contributed by atoms with Gasteiger partial charge in [-0.2, -0.15) is 0 Å².